The van der Waals surface area contributed by atoms with Crippen LogP contribution in [0.1, 0.15) is 38.5 Å². The van der Waals surface area contributed by atoms with E-state index in [2.05, 4.69) is 19.6 Å². The molecule has 0 spiro atoms. The number of hydrogen-bond acceptors (Lipinski definition) is 0. The van der Waals surface area contributed by atoms with E-state index in [1.54, 1.807) is 0 Å². The molecule has 0 aliphatic rings. The largest absolute Gasteiger partial charge is 0.103 e. The fraction of sp³-hybridized carbons (Fsp3) is 0.545. The highest BCUT2D eigenvalue weighted by Crippen LogP contribution is 2.05. The number of hydrogen-bond donors (Lipinski definition) is 0. The van der Waals surface area contributed by atoms with Gasteiger partial charge in [-0.1, -0.05) is 31.1 Å². The minimum Gasteiger partial charge on any atom is -0.103 e. The van der Waals surface area contributed by atoms with Crippen molar-refractivity contribution in [1.29, 1.82) is 0 Å². The van der Waals surface area contributed by atoms with Crippen molar-refractivity contribution >= 4 is 0 Å². The van der Waals surface area contributed by atoms with Gasteiger partial charge in [-0.05, 0) is 32.6 Å². The van der Waals surface area contributed by atoms with Crippen LogP contribution in [-0.4, -0.2) is 0 Å². The maximum Gasteiger partial charge on any atom is -0.0316 e. The summed E-state index contributed by atoms with van der Waals surface area (Å²) >= 11 is 0. The summed E-state index contributed by atoms with van der Waals surface area (Å²) < 4.78 is 0. The van der Waals surface area contributed by atoms with Gasteiger partial charge < -0.3 is 0 Å². The Balaban J connectivity index is 2.84. The lowest BCUT2D eigenvalue weighted by molar-refractivity contribution is 0.652. The first-order valence-electron chi connectivity index (χ1n) is 4.47. The lowest BCUT2D eigenvalue weighted by Gasteiger charge is -1.95. The van der Waals surface area contributed by atoms with Crippen LogP contribution in [0.25, 0.3) is 0 Å². The summed E-state index contributed by atoms with van der Waals surface area (Å²) in [5.74, 6) is 0. The van der Waals surface area contributed by atoms with E-state index in [0.717, 1.165) is 0 Å². The van der Waals surface area contributed by atoms with Crippen molar-refractivity contribution in [3.63, 3.8) is 0 Å². The standard InChI is InChI=1S/C11H19/c1-3-5-7-9-11-10-8-6-4-2/h3-5H,1-2,6-11H2/b5-3+. The lowest BCUT2D eigenvalue weighted by atomic mass is 10.1. The van der Waals surface area contributed by atoms with Gasteiger partial charge in [0.25, 0.3) is 0 Å². The second kappa shape index (κ2) is 9.48. The zero-order valence-electron chi connectivity index (χ0n) is 7.39. The van der Waals surface area contributed by atoms with Gasteiger partial charge in [-0.2, -0.15) is 0 Å². The first kappa shape index (κ1) is 10.5. The fourth-order valence-corrected chi connectivity index (χ4v) is 1.02. The summed E-state index contributed by atoms with van der Waals surface area (Å²) in [6.07, 6.45) is 13.7. The lowest BCUT2D eigenvalue weighted by Crippen LogP contribution is -1.75. The highest BCUT2D eigenvalue weighted by molar-refractivity contribution is 4.83. The molecule has 0 amide bonds. The molecule has 0 atom stereocenters. The molecule has 0 N–H and O–H groups in total. The van der Waals surface area contributed by atoms with Crippen LogP contribution in [0.4, 0.5) is 0 Å². The Morgan fingerprint density at radius 2 is 1.55 bits per heavy atom. The van der Waals surface area contributed by atoms with Crippen molar-refractivity contribution < 1.29 is 0 Å². The summed E-state index contributed by atoms with van der Waals surface area (Å²) in [7, 11) is 0. The molecule has 0 aliphatic heterocycles. The van der Waals surface area contributed by atoms with Gasteiger partial charge in [0.2, 0.25) is 0 Å². The summed E-state index contributed by atoms with van der Waals surface area (Å²) in [6, 6.07) is 0. The van der Waals surface area contributed by atoms with Crippen molar-refractivity contribution in [3.8, 4) is 0 Å². The van der Waals surface area contributed by atoms with Crippen molar-refractivity contribution in [3.05, 3.63) is 31.7 Å². The van der Waals surface area contributed by atoms with Crippen LogP contribution >= 0.6 is 0 Å². The molecular weight excluding hydrogens is 132 g/mol. The second-order valence-electron chi connectivity index (χ2n) is 2.75. The summed E-state index contributed by atoms with van der Waals surface area (Å²) in [4.78, 5) is 0. The van der Waals surface area contributed by atoms with Crippen LogP contribution in [0.2, 0.25) is 0 Å². The van der Waals surface area contributed by atoms with E-state index in [4.69, 9.17) is 0 Å². The third-order valence-electron chi connectivity index (χ3n) is 1.70. The molecule has 63 valence electrons. The Morgan fingerprint density at radius 3 is 2.09 bits per heavy atom. The highest BCUT2D eigenvalue weighted by Gasteiger charge is 1.85. The average Bonchev–Trinajstić information content (AvgIpc) is 2.03. The SMILES string of the molecule is [CH2]/C=C/CCCCCCC=C. The van der Waals surface area contributed by atoms with Gasteiger partial charge in [0.05, 0.1) is 0 Å². The van der Waals surface area contributed by atoms with Crippen LogP contribution in [0.5, 0.6) is 0 Å². The van der Waals surface area contributed by atoms with E-state index < -0.39 is 0 Å². The maximum absolute atomic E-state index is 3.69. The van der Waals surface area contributed by atoms with Gasteiger partial charge in [-0.3, -0.25) is 0 Å². The van der Waals surface area contributed by atoms with Crippen molar-refractivity contribution in [2.24, 2.45) is 0 Å². The molecule has 0 heterocycles. The molecule has 0 aliphatic carbocycles. The third kappa shape index (κ3) is 9.48. The molecule has 0 aromatic heterocycles. The molecule has 0 saturated carbocycles. The number of rotatable bonds is 7. The molecular formula is C11H19. The van der Waals surface area contributed by atoms with Gasteiger partial charge in [0.1, 0.15) is 0 Å². The number of allylic oxidation sites excluding steroid dienone is 3. The van der Waals surface area contributed by atoms with E-state index in [1.807, 2.05) is 12.2 Å². The van der Waals surface area contributed by atoms with Gasteiger partial charge >= 0.3 is 0 Å². The predicted octanol–water partition coefficient (Wildman–Crippen LogP) is 3.90. The summed E-state index contributed by atoms with van der Waals surface area (Å²) in [5.41, 5.74) is 0. The van der Waals surface area contributed by atoms with E-state index >= 15 is 0 Å². The Labute approximate surface area is 71.0 Å². The maximum atomic E-state index is 3.69. The highest BCUT2D eigenvalue weighted by atomic mass is 13.9. The van der Waals surface area contributed by atoms with E-state index in [1.165, 1.54) is 38.5 Å². The Kier molecular flexibility index (Phi) is 9.03. The Hall–Kier alpha value is -0.520. The molecule has 0 heteroatoms. The van der Waals surface area contributed by atoms with Crippen molar-refractivity contribution in [2.75, 3.05) is 0 Å². The van der Waals surface area contributed by atoms with E-state index in [-0.39, 0.29) is 0 Å². The van der Waals surface area contributed by atoms with Crippen LogP contribution < -0.4 is 0 Å². The Bertz CT molecular complexity index is 101. The fourth-order valence-electron chi connectivity index (χ4n) is 1.02. The summed E-state index contributed by atoms with van der Waals surface area (Å²) in [5, 5.41) is 0. The van der Waals surface area contributed by atoms with Crippen LogP contribution in [-0.2, 0) is 0 Å². The molecule has 0 aromatic rings. The minimum absolute atomic E-state index is 1.17. The zero-order chi connectivity index (χ0) is 8.36. The molecule has 0 rings (SSSR count). The topological polar surface area (TPSA) is 0 Å². The quantitative estimate of drug-likeness (QED) is 0.382. The van der Waals surface area contributed by atoms with Gasteiger partial charge in [-0.15, -0.1) is 6.58 Å². The normalized spacial score (nSPS) is 10.6. The van der Waals surface area contributed by atoms with Crippen LogP contribution in [0.15, 0.2) is 24.8 Å². The van der Waals surface area contributed by atoms with Gasteiger partial charge in [-0.25, -0.2) is 0 Å². The van der Waals surface area contributed by atoms with Crippen molar-refractivity contribution in [2.45, 2.75) is 38.5 Å². The van der Waals surface area contributed by atoms with Gasteiger partial charge in [0, 0.05) is 0 Å². The molecule has 1 radical (unpaired) electrons. The molecule has 0 unspecified atom stereocenters. The van der Waals surface area contributed by atoms with Crippen LogP contribution in [0.3, 0.4) is 0 Å². The molecule has 11 heavy (non-hydrogen) atoms. The first-order chi connectivity index (χ1) is 5.41. The zero-order valence-corrected chi connectivity index (χ0v) is 7.39. The molecule has 0 fully saturated rings. The average molecular weight is 151 g/mol. The summed E-state index contributed by atoms with van der Waals surface area (Å²) in [6.45, 7) is 7.33. The second-order valence-corrected chi connectivity index (χ2v) is 2.75. The molecule has 0 aromatic carbocycles. The molecule has 0 bridgehead atoms. The van der Waals surface area contributed by atoms with Crippen molar-refractivity contribution in [1.82, 2.24) is 0 Å². The Morgan fingerprint density at radius 1 is 0.909 bits per heavy atom. The molecule has 0 nitrogen and oxygen atoms in total. The first-order valence-corrected chi connectivity index (χ1v) is 4.47. The number of unbranched alkanes of at least 4 members (excludes halogenated alkanes) is 5. The molecule has 0 saturated heterocycles. The minimum atomic E-state index is 1.17. The van der Waals surface area contributed by atoms with E-state index in [9.17, 15) is 0 Å². The van der Waals surface area contributed by atoms with Crippen LogP contribution in [0, 0.1) is 6.92 Å². The van der Waals surface area contributed by atoms with Gasteiger partial charge in [0.15, 0.2) is 0 Å². The van der Waals surface area contributed by atoms with E-state index in [0.29, 0.717) is 0 Å². The smallest absolute Gasteiger partial charge is 0.0316 e. The third-order valence-corrected chi connectivity index (χ3v) is 1.70. The monoisotopic (exact) mass is 151 g/mol. The predicted molar refractivity (Wildman–Crippen MR) is 52.4 cm³/mol.